The van der Waals surface area contributed by atoms with Crippen LogP contribution in [0, 0.1) is 17.1 Å². The Balaban J connectivity index is 2.18. The van der Waals surface area contributed by atoms with E-state index >= 15 is 0 Å². The lowest BCUT2D eigenvalue weighted by atomic mass is 10.2. The molecule has 0 spiro atoms. The van der Waals surface area contributed by atoms with E-state index in [1.165, 1.54) is 24.3 Å². The average Bonchev–Trinajstić information content (AvgIpc) is 2.40. The molecule has 7 heteroatoms. The summed E-state index contributed by atoms with van der Waals surface area (Å²) in [5.41, 5.74) is -0.284. The number of nitriles is 1. The minimum atomic E-state index is -4.78. The minimum Gasteiger partial charge on any atom is -0.456 e. The fourth-order valence-electron chi connectivity index (χ4n) is 1.53. The second kappa shape index (κ2) is 5.71. The lowest BCUT2D eigenvalue weighted by molar-refractivity contribution is -0.274. The number of hydrogen-bond donors (Lipinski definition) is 0. The standard InChI is InChI=1S/C14H7F4NO2/c15-12-2-1-3-13(11(12)8-19)20-9-4-6-10(7-5-9)21-14(16,17)18/h1-7H. The second-order valence-corrected chi connectivity index (χ2v) is 3.85. The highest BCUT2D eigenvalue weighted by Gasteiger charge is 2.31. The molecule has 0 radical (unpaired) electrons. The monoisotopic (exact) mass is 297 g/mol. The molecule has 0 aliphatic heterocycles. The van der Waals surface area contributed by atoms with Gasteiger partial charge in [0, 0.05) is 0 Å². The van der Waals surface area contributed by atoms with E-state index < -0.39 is 17.9 Å². The Bertz CT molecular complexity index is 675. The molecule has 0 saturated heterocycles. The van der Waals surface area contributed by atoms with Gasteiger partial charge in [-0.1, -0.05) is 6.07 Å². The maximum Gasteiger partial charge on any atom is 0.573 e. The van der Waals surface area contributed by atoms with E-state index in [2.05, 4.69) is 4.74 Å². The van der Waals surface area contributed by atoms with Crippen molar-refractivity contribution in [1.29, 1.82) is 5.26 Å². The molecule has 0 bridgehead atoms. The first kappa shape index (κ1) is 14.7. The Morgan fingerprint density at radius 2 is 1.57 bits per heavy atom. The maximum absolute atomic E-state index is 13.4. The quantitative estimate of drug-likeness (QED) is 0.789. The van der Waals surface area contributed by atoms with Crippen molar-refractivity contribution in [1.82, 2.24) is 0 Å². The van der Waals surface area contributed by atoms with E-state index in [0.29, 0.717) is 0 Å². The summed E-state index contributed by atoms with van der Waals surface area (Å²) in [5.74, 6) is -1.03. The van der Waals surface area contributed by atoms with Gasteiger partial charge in [0.15, 0.2) is 0 Å². The van der Waals surface area contributed by atoms with Gasteiger partial charge in [0.05, 0.1) is 0 Å². The van der Waals surface area contributed by atoms with Gasteiger partial charge in [-0.05, 0) is 36.4 Å². The maximum atomic E-state index is 13.4. The van der Waals surface area contributed by atoms with Crippen LogP contribution in [0.2, 0.25) is 0 Å². The Labute approximate surface area is 117 Å². The van der Waals surface area contributed by atoms with E-state index in [9.17, 15) is 17.6 Å². The molecule has 2 aromatic rings. The van der Waals surface area contributed by atoms with Crippen molar-refractivity contribution in [2.24, 2.45) is 0 Å². The van der Waals surface area contributed by atoms with Crippen LogP contribution in [0.4, 0.5) is 17.6 Å². The van der Waals surface area contributed by atoms with Gasteiger partial charge in [-0.15, -0.1) is 13.2 Å². The smallest absolute Gasteiger partial charge is 0.456 e. The highest BCUT2D eigenvalue weighted by Crippen LogP contribution is 2.29. The first-order chi connectivity index (χ1) is 9.89. The Hall–Kier alpha value is -2.75. The highest BCUT2D eigenvalue weighted by molar-refractivity contribution is 5.46. The number of halogens is 4. The predicted molar refractivity (Wildman–Crippen MR) is 64.3 cm³/mol. The fourth-order valence-corrected chi connectivity index (χ4v) is 1.53. The van der Waals surface area contributed by atoms with Crippen LogP contribution in [0.15, 0.2) is 42.5 Å². The molecule has 21 heavy (non-hydrogen) atoms. The number of ether oxygens (including phenoxy) is 2. The van der Waals surface area contributed by atoms with Crippen LogP contribution in [-0.4, -0.2) is 6.36 Å². The van der Waals surface area contributed by atoms with Gasteiger partial charge in [0.25, 0.3) is 0 Å². The van der Waals surface area contributed by atoms with Crippen molar-refractivity contribution in [3.05, 3.63) is 53.8 Å². The first-order valence-electron chi connectivity index (χ1n) is 5.61. The highest BCUT2D eigenvalue weighted by atomic mass is 19.4. The van der Waals surface area contributed by atoms with Crippen LogP contribution in [0.1, 0.15) is 5.56 Å². The van der Waals surface area contributed by atoms with Crippen LogP contribution in [-0.2, 0) is 0 Å². The van der Waals surface area contributed by atoms with Gasteiger partial charge in [-0.3, -0.25) is 0 Å². The molecule has 0 aliphatic rings. The molecular weight excluding hydrogens is 290 g/mol. The summed E-state index contributed by atoms with van der Waals surface area (Å²) in [6.07, 6.45) is -4.78. The second-order valence-electron chi connectivity index (χ2n) is 3.85. The van der Waals surface area contributed by atoms with Crippen molar-refractivity contribution >= 4 is 0 Å². The third kappa shape index (κ3) is 3.86. The lowest BCUT2D eigenvalue weighted by Crippen LogP contribution is -2.16. The summed E-state index contributed by atoms with van der Waals surface area (Å²) in [4.78, 5) is 0. The molecule has 3 nitrogen and oxygen atoms in total. The summed E-state index contributed by atoms with van der Waals surface area (Å²) in [6, 6.07) is 10.0. The van der Waals surface area contributed by atoms with E-state index in [4.69, 9.17) is 10.00 Å². The van der Waals surface area contributed by atoms with Gasteiger partial charge >= 0.3 is 6.36 Å². The Morgan fingerprint density at radius 3 is 2.14 bits per heavy atom. The first-order valence-corrected chi connectivity index (χ1v) is 5.61. The molecule has 0 heterocycles. The summed E-state index contributed by atoms with van der Waals surface area (Å²) >= 11 is 0. The topological polar surface area (TPSA) is 42.2 Å². The van der Waals surface area contributed by atoms with Crippen LogP contribution in [0.3, 0.4) is 0 Å². The number of alkyl halides is 3. The van der Waals surface area contributed by atoms with Crippen molar-refractivity contribution in [3.63, 3.8) is 0 Å². The summed E-state index contributed by atoms with van der Waals surface area (Å²) in [7, 11) is 0. The third-order valence-corrected chi connectivity index (χ3v) is 2.37. The van der Waals surface area contributed by atoms with Crippen molar-refractivity contribution in [2.45, 2.75) is 6.36 Å². The molecule has 0 atom stereocenters. The summed E-state index contributed by atoms with van der Waals surface area (Å²) in [6.45, 7) is 0. The summed E-state index contributed by atoms with van der Waals surface area (Å²) in [5, 5.41) is 8.83. The predicted octanol–water partition coefficient (Wildman–Crippen LogP) is 4.39. The molecular formula is C14H7F4NO2. The molecule has 2 rings (SSSR count). The van der Waals surface area contributed by atoms with Crippen molar-refractivity contribution in [3.8, 4) is 23.3 Å². The van der Waals surface area contributed by atoms with Gasteiger partial charge in [0.1, 0.15) is 34.7 Å². The summed E-state index contributed by atoms with van der Waals surface area (Å²) < 4.78 is 58.3. The molecule has 0 N–H and O–H groups in total. The molecule has 2 aromatic carbocycles. The molecule has 0 unspecified atom stereocenters. The van der Waals surface area contributed by atoms with Gasteiger partial charge in [-0.25, -0.2) is 4.39 Å². The minimum absolute atomic E-state index is 0.0259. The van der Waals surface area contributed by atoms with Crippen LogP contribution in [0.25, 0.3) is 0 Å². The van der Waals surface area contributed by atoms with Crippen LogP contribution >= 0.6 is 0 Å². The largest absolute Gasteiger partial charge is 0.573 e. The lowest BCUT2D eigenvalue weighted by Gasteiger charge is -2.10. The van der Waals surface area contributed by atoms with E-state index in [1.54, 1.807) is 6.07 Å². The van der Waals surface area contributed by atoms with Gasteiger partial charge < -0.3 is 9.47 Å². The molecule has 0 saturated carbocycles. The van der Waals surface area contributed by atoms with E-state index in [-0.39, 0.29) is 17.1 Å². The third-order valence-electron chi connectivity index (χ3n) is 2.37. The zero-order valence-corrected chi connectivity index (χ0v) is 10.3. The van der Waals surface area contributed by atoms with Crippen LogP contribution < -0.4 is 9.47 Å². The SMILES string of the molecule is N#Cc1c(F)cccc1Oc1ccc(OC(F)(F)F)cc1. The van der Waals surface area contributed by atoms with Crippen LogP contribution in [0.5, 0.6) is 17.2 Å². The van der Waals surface area contributed by atoms with Gasteiger partial charge in [0.2, 0.25) is 0 Å². The molecule has 0 amide bonds. The zero-order valence-electron chi connectivity index (χ0n) is 10.3. The number of rotatable bonds is 3. The van der Waals surface area contributed by atoms with E-state index in [1.807, 2.05) is 0 Å². The Morgan fingerprint density at radius 1 is 0.952 bits per heavy atom. The molecule has 0 aromatic heterocycles. The fraction of sp³-hybridized carbons (Fsp3) is 0.0714. The van der Waals surface area contributed by atoms with Crippen molar-refractivity contribution in [2.75, 3.05) is 0 Å². The normalized spacial score (nSPS) is 10.8. The molecule has 0 aliphatic carbocycles. The Kier molecular flexibility index (Phi) is 3.98. The zero-order chi connectivity index (χ0) is 15.5. The van der Waals surface area contributed by atoms with Gasteiger partial charge in [-0.2, -0.15) is 5.26 Å². The number of benzene rings is 2. The van der Waals surface area contributed by atoms with Crippen molar-refractivity contribution < 1.29 is 27.0 Å². The number of hydrogen-bond acceptors (Lipinski definition) is 3. The number of nitrogens with zero attached hydrogens (tertiary/aromatic N) is 1. The average molecular weight is 297 g/mol. The molecule has 0 fully saturated rings. The van der Waals surface area contributed by atoms with E-state index in [0.717, 1.165) is 18.2 Å². The molecule has 108 valence electrons.